The topological polar surface area (TPSA) is 83.5 Å². The Morgan fingerprint density at radius 2 is 2.00 bits per heavy atom. The molecule has 2 atom stereocenters. The smallest absolute Gasteiger partial charge is 0.227 e. The molecule has 130 valence electrons. The number of carbonyl (C=O) groups is 2. The van der Waals surface area contributed by atoms with Crippen LogP contribution in [-0.2, 0) is 19.4 Å². The Balaban J connectivity index is 1.55. The van der Waals surface area contributed by atoms with Crippen molar-refractivity contribution in [3.8, 4) is 0 Å². The van der Waals surface area contributed by atoms with Crippen LogP contribution in [0.5, 0.6) is 0 Å². The maximum atomic E-state index is 13.0. The van der Waals surface area contributed by atoms with E-state index in [0.29, 0.717) is 18.7 Å². The number of amides is 2. The second-order valence-electron chi connectivity index (χ2n) is 6.40. The fraction of sp³-hybridized carbons (Fsp3) is 0.500. The Labute approximate surface area is 139 Å². The van der Waals surface area contributed by atoms with Crippen LogP contribution in [0, 0.1) is 17.7 Å². The molecule has 8 heteroatoms. The summed E-state index contributed by atoms with van der Waals surface area (Å²) in [5.74, 6) is -1.04. The van der Waals surface area contributed by atoms with E-state index in [1.807, 2.05) is 0 Å². The Morgan fingerprint density at radius 3 is 2.62 bits per heavy atom. The van der Waals surface area contributed by atoms with Crippen LogP contribution in [0.3, 0.4) is 0 Å². The van der Waals surface area contributed by atoms with Gasteiger partial charge < -0.3 is 10.2 Å². The van der Waals surface area contributed by atoms with E-state index in [1.54, 1.807) is 0 Å². The lowest BCUT2D eigenvalue weighted by molar-refractivity contribution is -0.126. The summed E-state index contributed by atoms with van der Waals surface area (Å²) in [7, 11) is -2.96. The average molecular weight is 354 g/mol. The van der Waals surface area contributed by atoms with Gasteiger partial charge in [0.1, 0.15) is 5.82 Å². The fourth-order valence-electron chi connectivity index (χ4n) is 3.18. The maximum Gasteiger partial charge on any atom is 0.227 e. The van der Waals surface area contributed by atoms with E-state index in [0.717, 1.165) is 0 Å². The number of benzene rings is 1. The molecule has 3 rings (SSSR count). The van der Waals surface area contributed by atoms with Crippen molar-refractivity contribution in [3.63, 3.8) is 0 Å². The molecule has 2 saturated heterocycles. The molecule has 0 unspecified atom stereocenters. The van der Waals surface area contributed by atoms with Crippen LogP contribution in [0.2, 0.25) is 0 Å². The summed E-state index contributed by atoms with van der Waals surface area (Å²) in [6, 6.07) is 5.57. The van der Waals surface area contributed by atoms with Crippen LogP contribution in [0.4, 0.5) is 10.1 Å². The molecule has 2 amide bonds. The molecule has 0 aliphatic carbocycles. The maximum absolute atomic E-state index is 13.0. The molecule has 2 aliphatic heterocycles. The van der Waals surface area contributed by atoms with Crippen molar-refractivity contribution >= 4 is 27.3 Å². The third-order valence-electron chi connectivity index (χ3n) is 4.53. The van der Waals surface area contributed by atoms with Crippen LogP contribution in [0.15, 0.2) is 24.3 Å². The molecular weight excluding hydrogens is 335 g/mol. The van der Waals surface area contributed by atoms with Crippen LogP contribution in [0.25, 0.3) is 0 Å². The minimum absolute atomic E-state index is 0.0516. The van der Waals surface area contributed by atoms with Crippen molar-refractivity contribution in [1.29, 1.82) is 0 Å². The first kappa shape index (κ1) is 16.9. The van der Waals surface area contributed by atoms with Gasteiger partial charge >= 0.3 is 0 Å². The normalized spacial score (nSPS) is 25.9. The second kappa shape index (κ2) is 6.51. The third-order valence-corrected chi connectivity index (χ3v) is 6.36. The Bertz CT molecular complexity index is 748. The Kier molecular flexibility index (Phi) is 4.58. The number of carbonyl (C=O) groups excluding carboxylic acids is 2. The minimum atomic E-state index is -2.96. The summed E-state index contributed by atoms with van der Waals surface area (Å²) in [4.78, 5) is 25.8. The summed E-state index contributed by atoms with van der Waals surface area (Å²) < 4.78 is 35.8. The van der Waals surface area contributed by atoms with E-state index in [4.69, 9.17) is 0 Å². The summed E-state index contributed by atoms with van der Waals surface area (Å²) in [5, 5.41) is 2.76. The predicted octanol–water partition coefficient (Wildman–Crippen LogP) is 0.730. The first-order chi connectivity index (χ1) is 11.3. The quantitative estimate of drug-likeness (QED) is 0.864. The highest BCUT2D eigenvalue weighted by molar-refractivity contribution is 7.91. The molecule has 1 aromatic carbocycles. The van der Waals surface area contributed by atoms with Gasteiger partial charge in [0.05, 0.1) is 17.4 Å². The van der Waals surface area contributed by atoms with E-state index < -0.39 is 15.8 Å². The van der Waals surface area contributed by atoms with Crippen molar-refractivity contribution in [2.45, 2.75) is 12.8 Å². The highest BCUT2D eigenvalue weighted by Gasteiger charge is 2.36. The van der Waals surface area contributed by atoms with E-state index in [-0.39, 0.29) is 48.0 Å². The molecule has 0 radical (unpaired) electrons. The number of rotatable bonds is 4. The molecule has 2 fully saturated rings. The van der Waals surface area contributed by atoms with Crippen molar-refractivity contribution in [2.75, 3.05) is 29.5 Å². The van der Waals surface area contributed by atoms with Crippen molar-refractivity contribution < 1.29 is 22.4 Å². The van der Waals surface area contributed by atoms with Crippen molar-refractivity contribution in [1.82, 2.24) is 5.32 Å². The summed E-state index contributed by atoms with van der Waals surface area (Å²) >= 11 is 0. The Hall–Kier alpha value is -1.96. The van der Waals surface area contributed by atoms with E-state index in [2.05, 4.69) is 5.32 Å². The molecule has 1 N–H and O–H groups in total. The van der Waals surface area contributed by atoms with Crippen LogP contribution in [-0.4, -0.2) is 44.8 Å². The number of hydrogen-bond acceptors (Lipinski definition) is 4. The summed E-state index contributed by atoms with van der Waals surface area (Å²) in [6.07, 6.45) is 0.667. The second-order valence-corrected chi connectivity index (χ2v) is 8.62. The molecule has 6 nitrogen and oxygen atoms in total. The van der Waals surface area contributed by atoms with Gasteiger partial charge in [-0.2, -0.15) is 0 Å². The van der Waals surface area contributed by atoms with Gasteiger partial charge in [0.15, 0.2) is 9.84 Å². The highest BCUT2D eigenvalue weighted by Crippen LogP contribution is 2.25. The van der Waals surface area contributed by atoms with Crippen molar-refractivity contribution in [3.05, 3.63) is 30.1 Å². The monoisotopic (exact) mass is 354 g/mol. The van der Waals surface area contributed by atoms with Gasteiger partial charge in [0, 0.05) is 25.2 Å². The van der Waals surface area contributed by atoms with Gasteiger partial charge in [-0.3, -0.25) is 9.59 Å². The molecule has 24 heavy (non-hydrogen) atoms. The van der Waals surface area contributed by atoms with Gasteiger partial charge in [0.25, 0.3) is 0 Å². The standard InChI is InChI=1S/C16H19FN2O4S/c17-13-1-3-14(4-2-13)19-9-12(7-15(19)20)16(21)18-8-11-5-6-24(22,23)10-11/h1-4,11-12H,5-10H2,(H,18,21)/t11-,12+/m0/s1. The van der Waals surface area contributed by atoms with Crippen LogP contribution < -0.4 is 10.2 Å². The zero-order valence-corrected chi connectivity index (χ0v) is 13.9. The van der Waals surface area contributed by atoms with Gasteiger partial charge in [-0.15, -0.1) is 0 Å². The molecule has 0 saturated carbocycles. The van der Waals surface area contributed by atoms with E-state index in [1.165, 1.54) is 29.2 Å². The van der Waals surface area contributed by atoms with Gasteiger partial charge in [-0.1, -0.05) is 0 Å². The zero-order valence-electron chi connectivity index (χ0n) is 13.1. The highest BCUT2D eigenvalue weighted by atomic mass is 32.2. The molecule has 2 aliphatic rings. The van der Waals surface area contributed by atoms with E-state index in [9.17, 15) is 22.4 Å². The Morgan fingerprint density at radius 1 is 1.29 bits per heavy atom. The number of sulfone groups is 1. The number of hydrogen-bond donors (Lipinski definition) is 1. The molecule has 0 spiro atoms. The van der Waals surface area contributed by atoms with Gasteiger partial charge in [-0.05, 0) is 36.6 Å². The van der Waals surface area contributed by atoms with Crippen LogP contribution >= 0.6 is 0 Å². The summed E-state index contributed by atoms with van der Waals surface area (Å²) in [5.41, 5.74) is 0.568. The minimum Gasteiger partial charge on any atom is -0.355 e. The molecule has 0 bridgehead atoms. The summed E-state index contributed by atoms with van der Waals surface area (Å²) in [6.45, 7) is 0.568. The number of nitrogens with one attached hydrogen (secondary N) is 1. The molecule has 2 heterocycles. The molecular formula is C16H19FN2O4S. The SMILES string of the molecule is O=C(NC[C@@H]1CCS(=O)(=O)C1)[C@@H]1CC(=O)N(c2ccc(F)cc2)C1. The van der Waals surface area contributed by atoms with Crippen molar-refractivity contribution in [2.24, 2.45) is 11.8 Å². The lowest BCUT2D eigenvalue weighted by Gasteiger charge is -2.17. The fourth-order valence-corrected chi connectivity index (χ4v) is 5.04. The zero-order chi connectivity index (χ0) is 17.3. The number of halogens is 1. The average Bonchev–Trinajstić information content (AvgIpc) is 3.08. The van der Waals surface area contributed by atoms with Gasteiger partial charge in [0.2, 0.25) is 11.8 Å². The van der Waals surface area contributed by atoms with Gasteiger partial charge in [-0.25, -0.2) is 12.8 Å². The molecule has 0 aromatic heterocycles. The third kappa shape index (κ3) is 3.75. The predicted molar refractivity (Wildman–Crippen MR) is 86.6 cm³/mol. The number of anilines is 1. The lowest BCUT2D eigenvalue weighted by Crippen LogP contribution is -2.36. The lowest BCUT2D eigenvalue weighted by atomic mass is 10.1. The van der Waals surface area contributed by atoms with E-state index >= 15 is 0 Å². The van der Waals surface area contributed by atoms with Crippen LogP contribution in [0.1, 0.15) is 12.8 Å². The first-order valence-electron chi connectivity index (χ1n) is 7.88. The first-order valence-corrected chi connectivity index (χ1v) is 9.70. The molecule has 1 aromatic rings. The number of nitrogens with zero attached hydrogens (tertiary/aromatic N) is 1. The largest absolute Gasteiger partial charge is 0.355 e.